The number of carbonyl (C=O) groups is 2. The molecule has 2 amide bonds. The van der Waals surface area contributed by atoms with Crippen molar-refractivity contribution in [1.82, 2.24) is 20.1 Å². The maximum absolute atomic E-state index is 12.5. The number of hydrogen-bond acceptors (Lipinski definition) is 7. The van der Waals surface area contributed by atoms with E-state index in [0.717, 1.165) is 25.9 Å². The SMILES string of the molecule is CN1CCOC(CNC(=O)c2nc3c(o2)CCN(C(=O)C2CCCO2)C3)C1. The van der Waals surface area contributed by atoms with Gasteiger partial charge in [-0.2, -0.15) is 0 Å². The molecule has 0 radical (unpaired) electrons. The van der Waals surface area contributed by atoms with Crippen molar-refractivity contribution >= 4 is 11.8 Å². The molecule has 4 heterocycles. The number of ether oxygens (including phenoxy) is 2. The molecule has 2 unspecified atom stereocenters. The molecule has 0 spiro atoms. The molecule has 9 nitrogen and oxygen atoms in total. The highest BCUT2D eigenvalue weighted by Crippen LogP contribution is 2.23. The predicted molar refractivity (Wildman–Crippen MR) is 94.2 cm³/mol. The van der Waals surface area contributed by atoms with E-state index in [-0.39, 0.29) is 29.9 Å². The number of fused-ring (bicyclic) bond motifs is 1. The third kappa shape index (κ3) is 4.15. The Bertz CT molecular complexity index is 700. The van der Waals surface area contributed by atoms with E-state index in [2.05, 4.69) is 15.2 Å². The lowest BCUT2D eigenvalue weighted by atomic mass is 10.1. The molecule has 0 aromatic carbocycles. The standard InChI is InChI=1S/C18H26N4O5/c1-21-6-8-25-12(10-21)9-19-16(23)17-20-13-11-22(5-4-14(13)27-17)18(24)15-3-2-7-26-15/h12,15H,2-11H2,1H3,(H,19,23). The molecule has 3 aliphatic rings. The quantitative estimate of drug-likeness (QED) is 0.775. The number of rotatable bonds is 4. The lowest BCUT2D eigenvalue weighted by Crippen LogP contribution is -2.46. The molecule has 1 N–H and O–H groups in total. The molecule has 2 saturated heterocycles. The Balaban J connectivity index is 1.33. The number of amides is 2. The van der Waals surface area contributed by atoms with Gasteiger partial charge in [-0.3, -0.25) is 9.59 Å². The Morgan fingerprint density at radius 3 is 2.93 bits per heavy atom. The molecule has 148 valence electrons. The van der Waals surface area contributed by atoms with Gasteiger partial charge in [0.15, 0.2) is 0 Å². The fourth-order valence-corrected chi connectivity index (χ4v) is 3.73. The number of likely N-dealkylation sites (N-methyl/N-ethyl adjacent to an activating group) is 1. The predicted octanol–water partition coefficient (Wildman–Crippen LogP) is -0.201. The number of morpholine rings is 1. The minimum atomic E-state index is -0.349. The first-order valence-electron chi connectivity index (χ1n) is 9.57. The van der Waals surface area contributed by atoms with Gasteiger partial charge in [-0.05, 0) is 19.9 Å². The third-order valence-electron chi connectivity index (χ3n) is 5.27. The van der Waals surface area contributed by atoms with Gasteiger partial charge in [0.25, 0.3) is 11.8 Å². The first-order valence-corrected chi connectivity index (χ1v) is 9.57. The Hall–Kier alpha value is -1.97. The normalized spacial score (nSPS) is 26.0. The molecule has 9 heteroatoms. The summed E-state index contributed by atoms with van der Waals surface area (Å²) in [6, 6.07) is 0. The molecule has 0 saturated carbocycles. The second kappa shape index (κ2) is 7.95. The average Bonchev–Trinajstić information content (AvgIpc) is 3.34. The van der Waals surface area contributed by atoms with Crippen molar-refractivity contribution in [2.45, 2.75) is 38.0 Å². The van der Waals surface area contributed by atoms with Gasteiger partial charge in [0.1, 0.15) is 17.6 Å². The van der Waals surface area contributed by atoms with Crippen molar-refractivity contribution in [2.75, 3.05) is 46.4 Å². The summed E-state index contributed by atoms with van der Waals surface area (Å²) < 4.78 is 16.8. The van der Waals surface area contributed by atoms with Gasteiger partial charge >= 0.3 is 5.91 Å². The van der Waals surface area contributed by atoms with Crippen molar-refractivity contribution in [1.29, 1.82) is 0 Å². The van der Waals surface area contributed by atoms with Crippen molar-refractivity contribution in [3.05, 3.63) is 17.3 Å². The van der Waals surface area contributed by atoms with Crippen LogP contribution in [0.2, 0.25) is 0 Å². The van der Waals surface area contributed by atoms with Crippen LogP contribution in [-0.4, -0.2) is 85.2 Å². The third-order valence-corrected chi connectivity index (χ3v) is 5.27. The zero-order valence-electron chi connectivity index (χ0n) is 15.6. The average molecular weight is 378 g/mol. The molecule has 3 aliphatic heterocycles. The Labute approximate surface area is 158 Å². The molecule has 1 aromatic heterocycles. The van der Waals surface area contributed by atoms with Crippen molar-refractivity contribution in [3.8, 4) is 0 Å². The number of nitrogens with one attached hydrogen (secondary N) is 1. The van der Waals surface area contributed by atoms with Crippen LogP contribution in [0.1, 0.15) is 35.0 Å². The smallest absolute Gasteiger partial charge is 0.307 e. The van der Waals surface area contributed by atoms with E-state index in [1.165, 1.54) is 0 Å². The van der Waals surface area contributed by atoms with Gasteiger partial charge < -0.3 is 29.0 Å². The van der Waals surface area contributed by atoms with Crippen LogP contribution in [0, 0.1) is 0 Å². The lowest BCUT2D eigenvalue weighted by molar-refractivity contribution is -0.142. The van der Waals surface area contributed by atoms with E-state index in [1.54, 1.807) is 4.90 Å². The topological polar surface area (TPSA) is 97.1 Å². The van der Waals surface area contributed by atoms with Crippen molar-refractivity contribution in [3.63, 3.8) is 0 Å². The van der Waals surface area contributed by atoms with Crippen LogP contribution in [0.15, 0.2) is 4.42 Å². The van der Waals surface area contributed by atoms with E-state index in [4.69, 9.17) is 13.9 Å². The van der Waals surface area contributed by atoms with Gasteiger partial charge in [0.2, 0.25) is 0 Å². The molecule has 4 rings (SSSR count). The monoisotopic (exact) mass is 378 g/mol. The summed E-state index contributed by atoms with van der Waals surface area (Å²) in [5, 5.41) is 2.83. The zero-order valence-corrected chi connectivity index (χ0v) is 15.6. The van der Waals surface area contributed by atoms with Crippen LogP contribution < -0.4 is 5.32 Å². The summed E-state index contributed by atoms with van der Waals surface area (Å²) in [6.07, 6.45) is 1.88. The Kier molecular flexibility index (Phi) is 5.42. The zero-order chi connectivity index (χ0) is 18.8. The molecule has 27 heavy (non-hydrogen) atoms. The highest BCUT2D eigenvalue weighted by molar-refractivity contribution is 5.89. The Morgan fingerprint density at radius 1 is 1.26 bits per heavy atom. The molecule has 1 aromatic rings. The molecule has 0 aliphatic carbocycles. The van der Waals surface area contributed by atoms with E-state index in [0.29, 0.717) is 50.7 Å². The summed E-state index contributed by atoms with van der Waals surface area (Å²) >= 11 is 0. The number of nitrogens with zero attached hydrogens (tertiary/aromatic N) is 3. The van der Waals surface area contributed by atoms with E-state index >= 15 is 0 Å². The first-order chi connectivity index (χ1) is 13.1. The van der Waals surface area contributed by atoms with Crippen LogP contribution in [-0.2, 0) is 27.2 Å². The molecular formula is C18H26N4O5. The molecular weight excluding hydrogens is 352 g/mol. The summed E-state index contributed by atoms with van der Waals surface area (Å²) in [6.45, 7) is 4.33. The largest absolute Gasteiger partial charge is 0.437 e. The van der Waals surface area contributed by atoms with Crippen molar-refractivity contribution in [2.24, 2.45) is 0 Å². The molecule has 2 fully saturated rings. The number of carbonyl (C=O) groups excluding carboxylic acids is 2. The summed E-state index contributed by atoms with van der Waals surface area (Å²) in [5.41, 5.74) is 0.659. The fraction of sp³-hybridized carbons (Fsp3) is 0.722. The number of oxazole rings is 1. The Morgan fingerprint density at radius 2 is 2.15 bits per heavy atom. The molecule has 2 atom stereocenters. The van der Waals surface area contributed by atoms with Crippen LogP contribution in [0.25, 0.3) is 0 Å². The summed E-state index contributed by atoms with van der Waals surface area (Å²) in [4.78, 5) is 33.1. The van der Waals surface area contributed by atoms with Gasteiger partial charge in [-0.25, -0.2) is 4.98 Å². The maximum atomic E-state index is 12.5. The minimum absolute atomic E-state index is 0.00530. The van der Waals surface area contributed by atoms with Crippen LogP contribution in [0.4, 0.5) is 0 Å². The number of aromatic nitrogens is 1. The number of hydrogen-bond donors (Lipinski definition) is 1. The van der Waals surface area contributed by atoms with Gasteiger partial charge in [-0.15, -0.1) is 0 Å². The fourth-order valence-electron chi connectivity index (χ4n) is 3.73. The van der Waals surface area contributed by atoms with Gasteiger partial charge in [0.05, 0.1) is 19.3 Å². The first kappa shape index (κ1) is 18.4. The second-order valence-corrected chi connectivity index (χ2v) is 7.37. The van der Waals surface area contributed by atoms with E-state index in [9.17, 15) is 9.59 Å². The van der Waals surface area contributed by atoms with Crippen LogP contribution >= 0.6 is 0 Å². The van der Waals surface area contributed by atoms with Gasteiger partial charge in [0, 0.05) is 39.2 Å². The summed E-state index contributed by atoms with van der Waals surface area (Å²) in [5.74, 6) is 0.393. The van der Waals surface area contributed by atoms with E-state index < -0.39 is 0 Å². The lowest BCUT2D eigenvalue weighted by Gasteiger charge is -2.29. The van der Waals surface area contributed by atoms with Crippen molar-refractivity contribution < 1.29 is 23.5 Å². The molecule has 0 bridgehead atoms. The highest BCUT2D eigenvalue weighted by Gasteiger charge is 2.33. The van der Waals surface area contributed by atoms with E-state index in [1.807, 2.05) is 7.05 Å². The maximum Gasteiger partial charge on any atom is 0.307 e. The van der Waals surface area contributed by atoms with Gasteiger partial charge in [-0.1, -0.05) is 0 Å². The summed E-state index contributed by atoms with van der Waals surface area (Å²) in [7, 11) is 2.03. The minimum Gasteiger partial charge on any atom is -0.437 e. The van der Waals surface area contributed by atoms with Crippen LogP contribution in [0.3, 0.4) is 0 Å². The second-order valence-electron chi connectivity index (χ2n) is 7.37. The highest BCUT2D eigenvalue weighted by atomic mass is 16.5. The van der Waals surface area contributed by atoms with Crippen LogP contribution in [0.5, 0.6) is 0 Å².